The molecule has 0 bridgehead atoms. The third kappa shape index (κ3) is 3.08. The summed E-state index contributed by atoms with van der Waals surface area (Å²) in [5.41, 5.74) is 0.788. The van der Waals surface area contributed by atoms with Gasteiger partial charge < -0.3 is 14.4 Å². The van der Waals surface area contributed by atoms with Gasteiger partial charge in [0.15, 0.2) is 0 Å². The maximum atomic E-state index is 12.2. The van der Waals surface area contributed by atoms with Crippen LogP contribution in [0.25, 0.3) is 0 Å². The van der Waals surface area contributed by atoms with Gasteiger partial charge in [-0.15, -0.1) is 0 Å². The molecule has 1 saturated carbocycles. The van der Waals surface area contributed by atoms with Crippen LogP contribution in [0.4, 0.5) is 5.69 Å². The van der Waals surface area contributed by atoms with Crippen LogP contribution >= 0.6 is 0 Å². The highest BCUT2D eigenvalue weighted by atomic mass is 16.5. The monoisotopic (exact) mass is 303 g/mol. The first-order chi connectivity index (χ1) is 10.6. The van der Waals surface area contributed by atoms with Crippen molar-refractivity contribution in [1.82, 2.24) is 0 Å². The predicted molar refractivity (Wildman–Crippen MR) is 81.7 cm³/mol. The number of carbonyl (C=O) groups is 2. The van der Waals surface area contributed by atoms with E-state index in [0.717, 1.165) is 24.3 Å². The van der Waals surface area contributed by atoms with Crippen molar-refractivity contribution in [2.75, 3.05) is 18.6 Å². The minimum Gasteiger partial charge on any atom is -0.497 e. The Morgan fingerprint density at radius 1 is 1.27 bits per heavy atom. The fourth-order valence-electron chi connectivity index (χ4n) is 2.82. The fourth-order valence-corrected chi connectivity index (χ4v) is 2.82. The lowest BCUT2D eigenvalue weighted by Gasteiger charge is -2.18. The zero-order valence-electron chi connectivity index (χ0n) is 13.0. The van der Waals surface area contributed by atoms with Crippen molar-refractivity contribution in [3.63, 3.8) is 0 Å². The number of rotatable bonds is 5. The molecule has 118 valence electrons. The van der Waals surface area contributed by atoms with Crippen LogP contribution in [0, 0.1) is 11.8 Å². The topological polar surface area (TPSA) is 55.8 Å². The molecule has 0 N–H and O–H groups in total. The first-order valence-corrected chi connectivity index (χ1v) is 7.73. The molecular weight excluding hydrogens is 282 g/mol. The van der Waals surface area contributed by atoms with Gasteiger partial charge in [0.05, 0.1) is 13.0 Å². The molecule has 2 aliphatic rings. The van der Waals surface area contributed by atoms with E-state index in [2.05, 4.69) is 0 Å². The number of methoxy groups -OCH3 is 1. The standard InChI is InChI=1S/C17H21NO4/c1-11(12-3-4-12)22-17(20)13-9-16(19)18(10-13)14-5-7-15(21-2)8-6-14/h5-8,11-13H,3-4,9-10H2,1-2H3/t11-,13-/m0/s1. The molecule has 1 amide bonds. The summed E-state index contributed by atoms with van der Waals surface area (Å²) in [6.07, 6.45) is 2.46. The summed E-state index contributed by atoms with van der Waals surface area (Å²) in [5.74, 6) is 0.606. The molecule has 22 heavy (non-hydrogen) atoms. The molecule has 1 aromatic carbocycles. The van der Waals surface area contributed by atoms with Gasteiger partial charge in [0.2, 0.25) is 5.91 Å². The van der Waals surface area contributed by atoms with Crippen molar-refractivity contribution in [2.24, 2.45) is 11.8 Å². The van der Waals surface area contributed by atoms with E-state index in [1.54, 1.807) is 12.0 Å². The van der Waals surface area contributed by atoms with Gasteiger partial charge in [0.25, 0.3) is 0 Å². The number of esters is 1. The van der Waals surface area contributed by atoms with Crippen LogP contribution in [0.1, 0.15) is 26.2 Å². The van der Waals surface area contributed by atoms with E-state index < -0.39 is 0 Å². The summed E-state index contributed by atoms with van der Waals surface area (Å²) in [6.45, 7) is 2.33. The van der Waals surface area contributed by atoms with E-state index in [4.69, 9.17) is 9.47 Å². The first kappa shape index (κ1) is 14.9. The second kappa shape index (κ2) is 5.99. The molecular formula is C17H21NO4. The van der Waals surface area contributed by atoms with Crippen LogP contribution in [-0.2, 0) is 14.3 Å². The van der Waals surface area contributed by atoms with Crippen LogP contribution in [-0.4, -0.2) is 31.6 Å². The SMILES string of the molecule is COc1ccc(N2C[C@@H](C(=O)O[C@@H](C)C3CC3)CC2=O)cc1. The molecule has 2 fully saturated rings. The Balaban J connectivity index is 1.62. The van der Waals surface area contributed by atoms with E-state index >= 15 is 0 Å². The lowest BCUT2D eigenvalue weighted by atomic mass is 10.1. The van der Waals surface area contributed by atoms with E-state index in [-0.39, 0.29) is 30.3 Å². The van der Waals surface area contributed by atoms with Gasteiger partial charge in [0.1, 0.15) is 11.9 Å². The lowest BCUT2D eigenvalue weighted by molar-refractivity contribution is -0.153. The maximum Gasteiger partial charge on any atom is 0.311 e. The van der Waals surface area contributed by atoms with Crippen LogP contribution < -0.4 is 9.64 Å². The third-order valence-electron chi connectivity index (χ3n) is 4.43. The van der Waals surface area contributed by atoms with Gasteiger partial charge in [-0.2, -0.15) is 0 Å². The number of hydrogen-bond donors (Lipinski definition) is 0. The Hall–Kier alpha value is -2.04. The van der Waals surface area contributed by atoms with Crippen molar-refractivity contribution in [3.05, 3.63) is 24.3 Å². The second-order valence-corrected chi connectivity index (χ2v) is 6.08. The third-order valence-corrected chi connectivity index (χ3v) is 4.43. The number of carbonyl (C=O) groups excluding carboxylic acids is 2. The Morgan fingerprint density at radius 2 is 1.95 bits per heavy atom. The van der Waals surface area contributed by atoms with Crippen LogP contribution in [0.3, 0.4) is 0 Å². The Morgan fingerprint density at radius 3 is 2.55 bits per heavy atom. The first-order valence-electron chi connectivity index (χ1n) is 7.73. The van der Waals surface area contributed by atoms with Crippen LogP contribution in [0.2, 0.25) is 0 Å². The molecule has 2 atom stereocenters. The molecule has 0 radical (unpaired) electrons. The summed E-state index contributed by atoms with van der Waals surface area (Å²) in [5, 5.41) is 0. The summed E-state index contributed by atoms with van der Waals surface area (Å²) in [6, 6.07) is 7.28. The number of hydrogen-bond acceptors (Lipinski definition) is 4. The highest BCUT2D eigenvalue weighted by Gasteiger charge is 2.38. The molecule has 5 heteroatoms. The minimum atomic E-state index is -0.365. The van der Waals surface area contributed by atoms with E-state index in [1.165, 1.54) is 0 Å². The highest BCUT2D eigenvalue weighted by molar-refractivity contribution is 5.99. The lowest BCUT2D eigenvalue weighted by Crippen LogP contribution is -2.28. The Labute approximate surface area is 130 Å². The average Bonchev–Trinajstić information content (AvgIpc) is 3.30. The number of nitrogens with zero attached hydrogens (tertiary/aromatic N) is 1. The normalized spacial score (nSPS) is 22.5. The molecule has 1 aromatic rings. The predicted octanol–water partition coefficient (Wildman–Crippen LogP) is 2.39. The summed E-state index contributed by atoms with van der Waals surface area (Å²) >= 11 is 0. The molecule has 0 aromatic heterocycles. The zero-order chi connectivity index (χ0) is 15.7. The van der Waals surface area contributed by atoms with E-state index in [1.807, 2.05) is 31.2 Å². The molecule has 0 spiro atoms. The van der Waals surface area contributed by atoms with Gasteiger partial charge in [-0.1, -0.05) is 0 Å². The molecule has 1 heterocycles. The van der Waals surface area contributed by atoms with E-state index in [0.29, 0.717) is 12.5 Å². The summed E-state index contributed by atoms with van der Waals surface area (Å²) < 4.78 is 10.6. The van der Waals surface area contributed by atoms with Crippen molar-refractivity contribution in [2.45, 2.75) is 32.3 Å². The largest absolute Gasteiger partial charge is 0.497 e. The van der Waals surface area contributed by atoms with Gasteiger partial charge in [-0.3, -0.25) is 9.59 Å². The zero-order valence-corrected chi connectivity index (χ0v) is 13.0. The maximum absolute atomic E-state index is 12.2. The number of amides is 1. The number of benzene rings is 1. The van der Waals surface area contributed by atoms with Crippen molar-refractivity contribution in [3.8, 4) is 5.75 Å². The quantitative estimate of drug-likeness (QED) is 0.784. The average molecular weight is 303 g/mol. The molecule has 1 aliphatic heterocycles. The van der Waals surface area contributed by atoms with Gasteiger partial charge in [-0.05, 0) is 49.9 Å². The summed E-state index contributed by atoms with van der Waals surface area (Å²) in [4.78, 5) is 26.0. The van der Waals surface area contributed by atoms with Crippen molar-refractivity contribution >= 4 is 17.6 Å². The minimum absolute atomic E-state index is 0.0300. The Bertz CT molecular complexity index is 565. The second-order valence-electron chi connectivity index (χ2n) is 6.08. The van der Waals surface area contributed by atoms with Crippen molar-refractivity contribution in [1.29, 1.82) is 0 Å². The molecule has 5 nitrogen and oxygen atoms in total. The highest BCUT2D eigenvalue weighted by Crippen LogP contribution is 2.35. The van der Waals surface area contributed by atoms with E-state index in [9.17, 15) is 9.59 Å². The van der Waals surface area contributed by atoms with Gasteiger partial charge >= 0.3 is 5.97 Å². The Kier molecular flexibility index (Phi) is 4.05. The van der Waals surface area contributed by atoms with Crippen LogP contribution in [0.5, 0.6) is 5.75 Å². The molecule has 3 rings (SSSR count). The van der Waals surface area contributed by atoms with Crippen LogP contribution in [0.15, 0.2) is 24.3 Å². The van der Waals surface area contributed by atoms with Crippen molar-refractivity contribution < 1.29 is 19.1 Å². The smallest absolute Gasteiger partial charge is 0.311 e. The molecule has 0 unspecified atom stereocenters. The molecule has 1 aliphatic carbocycles. The number of ether oxygens (including phenoxy) is 2. The molecule has 1 saturated heterocycles. The summed E-state index contributed by atoms with van der Waals surface area (Å²) in [7, 11) is 1.60. The number of anilines is 1. The van der Waals surface area contributed by atoms with Gasteiger partial charge in [-0.25, -0.2) is 0 Å². The fraction of sp³-hybridized carbons (Fsp3) is 0.529. The van der Waals surface area contributed by atoms with Gasteiger partial charge in [0, 0.05) is 18.7 Å².